The number of H-pyrrole nitrogens is 1. The van der Waals surface area contributed by atoms with Crippen LogP contribution in [0.3, 0.4) is 0 Å². The van der Waals surface area contributed by atoms with Gasteiger partial charge in [0.15, 0.2) is 0 Å². The minimum atomic E-state index is -4.49. The number of benzene rings is 1. The van der Waals surface area contributed by atoms with Gasteiger partial charge >= 0.3 is 6.18 Å². The van der Waals surface area contributed by atoms with Crippen LogP contribution in [0.4, 0.5) is 18.9 Å². The molecule has 120 valence electrons. The van der Waals surface area contributed by atoms with Crippen molar-refractivity contribution in [2.24, 2.45) is 0 Å². The average molecular weight is 320 g/mol. The fourth-order valence-corrected chi connectivity index (χ4v) is 3.03. The van der Waals surface area contributed by atoms with Crippen LogP contribution in [0.5, 0.6) is 0 Å². The maximum absolute atomic E-state index is 13.3. The lowest BCUT2D eigenvalue weighted by atomic mass is 9.95. The van der Waals surface area contributed by atoms with Crippen molar-refractivity contribution in [2.45, 2.75) is 24.9 Å². The Morgan fingerprint density at radius 2 is 2.17 bits per heavy atom. The third kappa shape index (κ3) is 3.16. The highest BCUT2D eigenvalue weighted by Gasteiger charge is 2.36. The van der Waals surface area contributed by atoms with Crippen molar-refractivity contribution in [1.82, 2.24) is 9.97 Å². The normalized spacial score (nSPS) is 18.7. The van der Waals surface area contributed by atoms with E-state index in [-0.39, 0.29) is 17.2 Å². The molecule has 3 rings (SSSR count). The Balaban J connectivity index is 1.93. The van der Waals surface area contributed by atoms with Gasteiger partial charge in [-0.15, -0.1) is 0 Å². The molecule has 1 aliphatic rings. The molecule has 0 saturated carbocycles. The molecule has 1 atom stereocenters. The highest BCUT2D eigenvalue weighted by Crippen LogP contribution is 2.39. The number of alkyl halides is 3. The number of anilines is 1. The monoisotopic (exact) mass is 320 g/mol. The van der Waals surface area contributed by atoms with Crippen molar-refractivity contribution < 1.29 is 13.2 Å². The van der Waals surface area contributed by atoms with Gasteiger partial charge in [-0.2, -0.15) is 18.4 Å². The number of piperidine rings is 1. The number of rotatable bonds is 2. The predicted molar refractivity (Wildman–Crippen MR) is 78.9 cm³/mol. The van der Waals surface area contributed by atoms with Crippen molar-refractivity contribution in [3.63, 3.8) is 0 Å². The van der Waals surface area contributed by atoms with Gasteiger partial charge in [-0.1, -0.05) is 0 Å². The van der Waals surface area contributed by atoms with Gasteiger partial charge in [0.25, 0.3) is 0 Å². The molecular formula is C16H15F3N4. The Kier molecular flexibility index (Phi) is 3.99. The lowest BCUT2D eigenvalue weighted by Gasteiger charge is -2.35. The van der Waals surface area contributed by atoms with E-state index in [0.717, 1.165) is 24.7 Å². The van der Waals surface area contributed by atoms with Crippen molar-refractivity contribution >= 4 is 5.69 Å². The summed E-state index contributed by atoms with van der Waals surface area (Å²) in [7, 11) is 0. The first-order chi connectivity index (χ1) is 11.0. The maximum Gasteiger partial charge on any atom is 0.418 e. The number of aromatic amines is 1. The summed E-state index contributed by atoms with van der Waals surface area (Å²) in [6.07, 6.45) is 0.568. The van der Waals surface area contributed by atoms with Gasteiger partial charge in [0.1, 0.15) is 5.82 Å². The molecule has 1 fully saturated rings. The fraction of sp³-hybridized carbons (Fsp3) is 0.375. The van der Waals surface area contributed by atoms with E-state index in [1.807, 2.05) is 0 Å². The van der Waals surface area contributed by atoms with Crippen LogP contribution in [0.1, 0.15) is 35.7 Å². The Hall–Kier alpha value is -2.49. The highest BCUT2D eigenvalue weighted by atomic mass is 19.4. The van der Waals surface area contributed by atoms with Crippen LogP contribution in [0, 0.1) is 11.3 Å². The van der Waals surface area contributed by atoms with Crippen LogP contribution in [-0.2, 0) is 6.18 Å². The summed E-state index contributed by atoms with van der Waals surface area (Å²) < 4.78 is 40.0. The van der Waals surface area contributed by atoms with E-state index in [2.05, 4.69) is 9.97 Å². The topological polar surface area (TPSA) is 55.7 Å². The molecule has 1 aromatic heterocycles. The summed E-state index contributed by atoms with van der Waals surface area (Å²) in [6.45, 7) is 1.04. The van der Waals surface area contributed by atoms with E-state index in [4.69, 9.17) is 5.26 Å². The number of imidazole rings is 1. The lowest BCUT2D eigenvalue weighted by molar-refractivity contribution is -0.137. The van der Waals surface area contributed by atoms with Crippen molar-refractivity contribution in [3.8, 4) is 6.07 Å². The molecule has 2 heterocycles. The van der Waals surface area contributed by atoms with E-state index in [0.29, 0.717) is 13.1 Å². The first kappa shape index (κ1) is 15.4. The Labute approximate surface area is 131 Å². The van der Waals surface area contributed by atoms with Gasteiger partial charge in [0.05, 0.1) is 17.2 Å². The number of nitrogens with one attached hydrogen (secondary N) is 1. The van der Waals surface area contributed by atoms with E-state index in [1.54, 1.807) is 23.4 Å². The standard InChI is InChI=1S/C16H15F3N4/c17-16(18,19)13-8-11(9-20)3-4-14(13)23-7-1-2-12(10-23)15-21-5-6-22-15/h3-6,8,12H,1-2,7,10H2,(H,21,22). The van der Waals surface area contributed by atoms with Crippen molar-refractivity contribution in [3.05, 3.63) is 47.5 Å². The molecule has 7 heteroatoms. The number of halogens is 3. The van der Waals surface area contributed by atoms with Crippen LogP contribution in [-0.4, -0.2) is 23.1 Å². The third-order valence-electron chi connectivity index (χ3n) is 4.10. The zero-order chi connectivity index (χ0) is 16.4. The smallest absolute Gasteiger partial charge is 0.370 e. The van der Waals surface area contributed by atoms with Crippen LogP contribution >= 0.6 is 0 Å². The molecule has 4 nitrogen and oxygen atoms in total. The minimum Gasteiger partial charge on any atom is -0.370 e. The van der Waals surface area contributed by atoms with E-state index in [9.17, 15) is 13.2 Å². The van der Waals surface area contributed by atoms with Crippen molar-refractivity contribution in [1.29, 1.82) is 5.26 Å². The minimum absolute atomic E-state index is 0.0145. The number of hydrogen-bond donors (Lipinski definition) is 1. The van der Waals surface area contributed by atoms with Crippen LogP contribution < -0.4 is 4.90 Å². The van der Waals surface area contributed by atoms with Crippen LogP contribution in [0.2, 0.25) is 0 Å². The molecule has 1 saturated heterocycles. The molecule has 1 aromatic carbocycles. The molecule has 1 aliphatic heterocycles. The first-order valence-corrected chi connectivity index (χ1v) is 7.34. The van der Waals surface area contributed by atoms with Gasteiger partial charge in [-0.05, 0) is 31.0 Å². The molecule has 0 spiro atoms. The summed E-state index contributed by atoms with van der Waals surface area (Å²) in [5, 5.41) is 8.85. The van der Waals surface area contributed by atoms with Crippen LogP contribution in [0.15, 0.2) is 30.6 Å². The zero-order valence-corrected chi connectivity index (χ0v) is 12.3. The van der Waals surface area contributed by atoms with Crippen LogP contribution in [0.25, 0.3) is 0 Å². The van der Waals surface area contributed by atoms with E-state index < -0.39 is 11.7 Å². The third-order valence-corrected chi connectivity index (χ3v) is 4.10. The number of aromatic nitrogens is 2. The summed E-state index contributed by atoms with van der Waals surface area (Å²) in [5.74, 6) is 0.882. The lowest BCUT2D eigenvalue weighted by Crippen LogP contribution is -2.36. The summed E-state index contributed by atoms with van der Waals surface area (Å²) in [6, 6.07) is 5.52. The second kappa shape index (κ2) is 5.95. The van der Waals surface area contributed by atoms with Gasteiger partial charge in [-0.3, -0.25) is 0 Å². The second-order valence-electron chi connectivity index (χ2n) is 5.60. The molecule has 23 heavy (non-hydrogen) atoms. The SMILES string of the molecule is N#Cc1ccc(N2CCCC(c3ncc[nH]3)C2)c(C(F)(F)F)c1. The van der Waals surface area contributed by atoms with E-state index in [1.165, 1.54) is 12.1 Å². The number of nitrogens with zero attached hydrogens (tertiary/aromatic N) is 3. The molecular weight excluding hydrogens is 305 g/mol. The quantitative estimate of drug-likeness (QED) is 0.918. The van der Waals surface area contributed by atoms with Gasteiger partial charge in [-0.25, -0.2) is 4.98 Å². The number of nitriles is 1. The number of hydrogen-bond acceptors (Lipinski definition) is 3. The maximum atomic E-state index is 13.3. The van der Waals surface area contributed by atoms with Crippen molar-refractivity contribution in [2.75, 3.05) is 18.0 Å². The molecule has 0 amide bonds. The molecule has 0 radical (unpaired) electrons. The molecule has 0 aliphatic carbocycles. The largest absolute Gasteiger partial charge is 0.418 e. The van der Waals surface area contributed by atoms with Gasteiger partial charge in [0.2, 0.25) is 0 Å². The molecule has 0 bridgehead atoms. The summed E-state index contributed by atoms with van der Waals surface area (Å²) in [4.78, 5) is 8.99. The molecule has 1 unspecified atom stereocenters. The van der Waals surface area contributed by atoms with Gasteiger partial charge < -0.3 is 9.88 Å². The van der Waals surface area contributed by atoms with E-state index >= 15 is 0 Å². The average Bonchev–Trinajstić information content (AvgIpc) is 3.08. The summed E-state index contributed by atoms with van der Waals surface area (Å²) >= 11 is 0. The van der Waals surface area contributed by atoms with Gasteiger partial charge in [0, 0.05) is 37.1 Å². The summed E-state index contributed by atoms with van der Waals surface area (Å²) in [5.41, 5.74) is -0.606. The first-order valence-electron chi connectivity index (χ1n) is 7.34. The molecule has 2 aromatic rings. The fourth-order valence-electron chi connectivity index (χ4n) is 3.03. The second-order valence-corrected chi connectivity index (χ2v) is 5.60. The Morgan fingerprint density at radius 3 is 2.83 bits per heavy atom. The Morgan fingerprint density at radius 1 is 1.35 bits per heavy atom. The predicted octanol–water partition coefficient (Wildman–Crippen LogP) is 3.68. The molecule has 1 N–H and O–H groups in total. The Bertz CT molecular complexity index is 716. The highest BCUT2D eigenvalue weighted by molar-refractivity contribution is 5.58. The zero-order valence-electron chi connectivity index (χ0n) is 12.3.